The Morgan fingerprint density at radius 3 is 2.94 bits per heavy atom. The molecule has 0 saturated carbocycles. The lowest BCUT2D eigenvalue weighted by molar-refractivity contribution is 0.0747. The van der Waals surface area contributed by atoms with Gasteiger partial charge in [0.1, 0.15) is 0 Å². The van der Waals surface area contributed by atoms with Crippen molar-refractivity contribution in [2.45, 2.75) is 25.8 Å². The zero-order valence-electron chi connectivity index (χ0n) is 10.9. The summed E-state index contributed by atoms with van der Waals surface area (Å²) >= 11 is 0. The van der Waals surface area contributed by atoms with Crippen LogP contribution in [0.25, 0.3) is 0 Å². The molecule has 0 spiro atoms. The Kier molecular flexibility index (Phi) is 3.91. The Balaban J connectivity index is 2.02. The standard InChI is InChI=1S/C13H20N2O3/c1-3-4-9-7-15(8-10(9)14)13(16)11-5-6-12(17-2)18-11/h5-6,9-10H,3-4,7-8,14H2,1-2H3/t9-,10-/m0/s1. The molecule has 2 N–H and O–H groups in total. The van der Waals surface area contributed by atoms with Crippen molar-refractivity contribution < 1.29 is 13.9 Å². The van der Waals surface area contributed by atoms with Crippen molar-refractivity contribution in [1.82, 2.24) is 4.90 Å². The van der Waals surface area contributed by atoms with Gasteiger partial charge in [0.2, 0.25) is 0 Å². The van der Waals surface area contributed by atoms with Crippen molar-refractivity contribution in [1.29, 1.82) is 0 Å². The molecule has 0 unspecified atom stereocenters. The van der Waals surface area contributed by atoms with E-state index >= 15 is 0 Å². The number of furan rings is 1. The lowest BCUT2D eigenvalue weighted by Gasteiger charge is -2.14. The normalized spacial score (nSPS) is 23.4. The van der Waals surface area contributed by atoms with E-state index in [2.05, 4.69) is 6.92 Å². The monoisotopic (exact) mass is 252 g/mol. The van der Waals surface area contributed by atoms with E-state index in [9.17, 15) is 4.79 Å². The molecule has 2 rings (SSSR count). The van der Waals surface area contributed by atoms with Crippen LogP contribution in [0.4, 0.5) is 0 Å². The maximum Gasteiger partial charge on any atom is 0.289 e. The van der Waals surface area contributed by atoms with Crippen molar-refractivity contribution in [3.8, 4) is 5.95 Å². The minimum Gasteiger partial charge on any atom is -0.468 e. The molecule has 18 heavy (non-hydrogen) atoms. The number of amides is 1. The summed E-state index contributed by atoms with van der Waals surface area (Å²) in [6, 6.07) is 3.36. The summed E-state index contributed by atoms with van der Waals surface area (Å²) in [5.41, 5.74) is 6.05. The first-order valence-electron chi connectivity index (χ1n) is 6.34. The minimum atomic E-state index is -0.104. The Bertz CT molecular complexity index is 416. The molecule has 2 heterocycles. The van der Waals surface area contributed by atoms with Gasteiger partial charge in [-0.15, -0.1) is 0 Å². The van der Waals surface area contributed by atoms with Crippen molar-refractivity contribution in [3.05, 3.63) is 17.9 Å². The fraction of sp³-hybridized carbons (Fsp3) is 0.615. The third-order valence-corrected chi connectivity index (χ3v) is 3.43. The molecule has 0 aromatic carbocycles. The van der Waals surface area contributed by atoms with Crippen LogP contribution in [0.5, 0.6) is 5.95 Å². The van der Waals surface area contributed by atoms with Gasteiger partial charge in [-0.05, 0) is 18.4 Å². The summed E-state index contributed by atoms with van der Waals surface area (Å²) in [7, 11) is 1.51. The largest absolute Gasteiger partial charge is 0.468 e. The first-order chi connectivity index (χ1) is 8.65. The van der Waals surface area contributed by atoms with E-state index in [4.69, 9.17) is 14.9 Å². The van der Waals surface area contributed by atoms with Crippen molar-refractivity contribution in [3.63, 3.8) is 0 Å². The number of rotatable bonds is 4. The molecule has 1 aliphatic rings. The molecule has 0 bridgehead atoms. The van der Waals surface area contributed by atoms with Gasteiger partial charge in [-0.2, -0.15) is 0 Å². The molecular formula is C13H20N2O3. The van der Waals surface area contributed by atoms with E-state index in [1.165, 1.54) is 7.11 Å². The van der Waals surface area contributed by atoms with Crippen molar-refractivity contribution in [2.24, 2.45) is 11.7 Å². The van der Waals surface area contributed by atoms with Crippen LogP contribution in [0.1, 0.15) is 30.3 Å². The topological polar surface area (TPSA) is 68.7 Å². The zero-order chi connectivity index (χ0) is 13.1. The lowest BCUT2D eigenvalue weighted by atomic mass is 9.99. The molecule has 0 aliphatic carbocycles. The molecule has 0 radical (unpaired) electrons. The lowest BCUT2D eigenvalue weighted by Crippen LogP contribution is -2.32. The SMILES string of the molecule is CCC[C@H]1CN(C(=O)c2ccc(OC)o2)C[C@@H]1N. The molecule has 1 aliphatic heterocycles. The molecule has 1 saturated heterocycles. The van der Waals surface area contributed by atoms with Gasteiger partial charge in [0, 0.05) is 25.2 Å². The van der Waals surface area contributed by atoms with E-state index in [0.717, 1.165) is 19.4 Å². The third-order valence-electron chi connectivity index (χ3n) is 3.43. The fourth-order valence-corrected chi connectivity index (χ4v) is 2.44. The van der Waals surface area contributed by atoms with Gasteiger partial charge in [-0.25, -0.2) is 0 Å². The Morgan fingerprint density at radius 2 is 2.33 bits per heavy atom. The Morgan fingerprint density at radius 1 is 1.56 bits per heavy atom. The summed E-state index contributed by atoms with van der Waals surface area (Å²) in [6.45, 7) is 3.46. The first-order valence-corrected chi connectivity index (χ1v) is 6.34. The molecule has 2 atom stereocenters. The summed E-state index contributed by atoms with van der Waals surface area (Å²) in [5, 5.41) is 0. The second kappa shape index (κ2) is 5.44. The highest BCUT2D eigenvalue weighted by atomic mass is 16.6. The predicted octanol–water partition coefficient (Wildman–Crippen LogP) is 1.49. The highest BCUT2D eigenvalue weighted by Crippen LogP contribution is 2.23. The number of methoxy groups -OCH3 is 1. The van der Waals surface area contributed by atoms with Gasteiger partial charge < -0.3 is 19.8 Å². The van der Waals surface area contributed by atoms with Crippen LogP contribution >= 0.6 is 0 Å². The predicted molar refractivity (Wildman–Crippen MR) is 67.5 cm³/mol. The smallest absolute Gasteiger partial charge is 0.289 e. The molecule has 100 valence electrons. The molecule has 1 fully saturated rings. The van der Waals surface area contributed by atoms with Gasteiger partial charge in [0.15, 0.2) is 5.76 Å². The maximum absolute atomic E-state index is 12.2. The Hall–Kier alpha value is -1.49. The first kappa shape index (κ1) is 13.0. The molecule has 1 amide bonds. The second-order valence-corrected chi connectivity index (χ2v) is 4.75. The van der Waals surface area contributed by atoms with E-state index < -0.39 is 0 Å². The average Bonchev–Trinajstić information content (AvgIpc) is 2.96. The summed E-state index contributed by atoms with van der Waals surface area (Å²) in [5.74, 6) is 0.964. The van der Waals surface area contributed by atoms with Crippen LogP contribution in [0.15, 0.2) is 16.5 Å². The molecule has 5 heteroatoms. The second-order valence-electron chi connectivity index (χ2n) is 4.75. The quantitative estimate of drug-likeness (QED) is 0.881. The number of carbonyl (C=O) groups is 1. The van der Waals surface area contributed by atoms with Crippen LogP contribution in [0.2, 0.25) is 0 Å². The minimum absolute atomic E-state index is 0.0748. The van der Waals surface area contributed by atoms with E-state index in [-0.39, 0.29) is 11.9 Å². The highest BCUT2D eigenvalue weighted by Gasteiger charge is 2.33. The number of nitrogens with two attached hydrogens (primary N) is 1. The van der Waals surface area contributed by atoms with Crippen LogP contribution in [0, 0.1) is 5.92 Å². The van der Waals surface area contributed by atoms with E-state index in [1.807, 2.05) is 0 Å². The van der Waals surface area contributed by atoms with Crippen LogP contribution in [0.3, 0.4) is 0 Å². The molecular weight excluding hydrogens is 232 g/mol. The Labute approximate surface area is 107 Å². The summed E-state index contributed by atoms with van der Waals surface area (Å²) < 4.78 is 10.2. The number of ether oxygens (including phenoxy) is 1. The number of likely N-dealkylation sites (tertiary alicyclic amines) is 1. The van der Waals surface area contributed by atoms with Crippen molar-refractivity contribution in [2.75, 3.05) is 20.2 Å². The number of hydrogen-bond acceptors (Lipinski definition) is 4. The van der Waals surface area contributed by atoms with Gasteiger partial charge >= 0.3 is 0 Å². The molecule has 1 aromatic rings. The van der Waals surface area contributed by atoms with Crippen LogP contribution in [-0.2, 0) is 0 Å². The molecule has 5 nitrogen and oxygen atoms in total. The highest BCUT2D eigenvalue weighted by molar-refractivity contribution is 5.91. The average molecular weight is 252 g/mol. The maximum atomic E-state index is 12.2. The van der Waals surface area contributed by atoms with Crippen LogP contribution < -0.4 is 10.5 Å². The van der Waals surface area contributed by atoms with Crippen molar-refractivity contribution >= 4 is 5.91 Å². The summed E-state index contributed by atoms with van der Waals surface area (Å²) in [6.07, 6.45) is 2.15. The van der Waals surface area contributed by atoms with E-state index in [0.29, 0.717) is 24.2 Å². The van der Waals surface area contributed by atoms with Gasteiger partial charge in [0.05, 0.1) is 7.11 Å². The van der Waals surface area contributed by atoms with E-state index in [1.54, 1.807) is 17.0 Å². The van der Waals surface area contributed by atoms with Gasteiger partial charge in [-0.1, -0.05) is 13.3 Å². The zero-order valence-corrected chi connectivity index (χ0v) is 10.9. The number of nitrogens with zero attached hydrogens (tertiary/aromatic N) is 1. The molecule has 1 aromatic heterocycles. The fourth-order valence-electron chi connectivity index (χ4n) is 2.44. The number of carbonyl (C=O) groups excluding carboxylic acids is 1. The van der Waals surface area contributed by atoms with Crippen LogP contribution in [-0.4, -0.2) is 37.0 Å². The van der Waals surface area contributed by atoms with Gasteiger partial charge in [-0.3, -0.25) is 4.79 Å². The number of hydrogen-bond donors (Lipinski definition) is 1. The third kappa shape index (κ3) is 2.51. The summed E-state index contributed by atoms with van der Waals surface area (Å²) in [4.78, 5) is 14.0. The van der Waals surface area contributed by atoms with Gasteiger partial charge in [0.25, 0.3) is 11.9 Å².